The number of rotatable bonds is 6. The summed E-state index contributed by atoms with van der Waals surface area (Å²) in [5, 5.41) is 0. The minimum atomic E-state index is 0.390. The van der Waals surface area contributed by atoms with Crippen LogP contribution in [0.4, 0.5) is 0 Å². The third kappa shape index (κ3) is 4.06. The first-order valence-electron chi connectivity index (χ1n) is 7.24. The molecule has 1 saturated carbocycles. The molecule has 18 heavy (non-hydrogen) atoms. The maximum absolute atomic E-state index is 12.4. The summed E-state index contributed by atoms with van der Waals surface area (Å²) >= 11 is 7.79. The van der Waals surface area contributed by atoms with Gasteiger partial charge in [-0.25, -0.2) is 0 Å². The normalized spacial score (nSPS) is 21.6. The Kier molecular flexibility index (Phi) is 6.16. The van der Waals surface area contributed by atoms with Crippen LogP contribution < -0.4 is 0 Å². The second-order valence-corrected chi connectivity index (χ2v) is 7.08. The van der Waals surface area contributed by atoms with Crippen LogP contribution in [0.15, 0.2) is 0 Å². The van der Waals surface area contributed by atoms with Crippen LogP contribution in [-0.4, -0.2) is 40.8 Å². The Hall–Kier alpha value is 0.110. The molecule has 1 saturated heterocycles. The molecule has 0 aromatic heterocycles. The van der Waals surface area contributed by atoms with Gasteiger partial charge in [0, 0.05) is 24.9 Å². The van der Waals surface area contributed by atoms with E-state index in [9.17, 15) is 4.79 Å². The Morgan fingerprint density at radius 3 is 2.50 bits per heavy atom. The predicted octanol–water partition coefficient (Wildman–Crippen LogP) is 3.53. The summed E-state index contributed by atoms with van der Waals surface area (Å²) in [6.07, 6.45) is 7.86. The third-order valence-electron chi connectivity index (χ3n) is 4.17. The first-order valence-corrected chi connectivity index (χ1v) is 8.93. The minimum absolute atomic E-state index is 0.390. The number of amides is 1. The molecule has 1 aliphatic carbocycles. The van der Waals surface area contributed by atoms with Gasteiger partial charge in [0.25, 0.3) is 0 Å². The van der Waals surface area contributed by atoms with E-state index in [-0.39, 0.29) is 0 Å². The summed E-state index contributed by atoms with van der Waals surface area (Å²) in [6, 6.07) is 0.527. The molecular weight excluding hydrogens is 266 g/mol. The zero-order valence-corrected chi connectivity index (χ0v) is 12.6. The van der Waals surface area contributed by atoms with E-state index in [2.05, 4.69) is 4.90 Å². The first kappa shape index (κ1) is 14.5. The van der Waals surface area contributed by atoms with E-state index in [1.807, 2.05) is 11.8 Å². The Labute approximate surface area is 120 Å². The van der Waals surface area contributed by atoms with Crippen LogP contribution in [-0.2, 0) is 4.79 Å². The maximum atomic E-state index is 12.4. The largest absolute Gasteiger partial charge is 0.340 e. The molecule has 0 bridgehead atoms. The number of halogens is 1. The molecule has 2 nitrogen and oxygen atoms in total. The van der Waals surface area contributed by atoms with Crippen LogP contribution in [0, 0.1) is 5.92 Å². The van der Waals surface area contributed by atoms with Crippen molar-refractivity contribution in [3.05, 3.63) is 0 Å². The topological polar surface area (TPSA) is 20.3 Å². The van der Waals surface area contributed by atoms with E-state index in [0.29, 0.717) is 23.7 Å². The predicted molar refractivity (Wildman–Crippen MR) is 79.4 cm³/mol. The molecular formula is C14H24ClNOS. The molecule has 104 valence electrons. The molecule has 2 rings (SSSR count). The van der Waals surface area contributed by atoms with Crippen molar-refractivity contribution in [1.29, 1.82) is 0 Å². The average Bonchev–Trinajstić information content (AvgIpc) is 2.33. The van der Waals surface area contributed by atoms with Gasteiger partial charge in [-0.2, -0.15) is 11.8 Å². The van der Waals surface area contributed by atoms with Gasteiger partial charge in [-0.1, -0.05) is 0 Å². The van der Waals surface area contributed by atoms with Crippen molar-refractivity contribution < 1.29 is 4.79 Å². The monoisotopic (exact) mass is 289 g/mol. The molecule has 2 fully saturated rings. The molecule has 0 aromatic rings. The highest BCUT2D eigenvalue weighted by Crippen LogP contribution is 2.29. The molecule has 1 amide bonds. The van der Waals surface area contributed by atoms with Gasteiger partial charge in [-0.05, 0) is 55.9 Å². The molecule has 0 unspecified atom stereocenters. The van der Waals surface area contributed by atoms with Gasteiger partial charge >= 0.3 is 0 Å². The molecule has 0 N–H and O–H groups in total. The van der Waals surface area contributed by atoms with Gasteiger partial charge in [-0.3, -0.25) is 4.79 Å². The van der Waals surface area contributed by atoms with Crippen molar-refractivity contribution >= 4 is 29.3 Å². The summed E-state index contributed by atoms with van der Waals surface area (Å²) < 4.78 is 0. The second-order valence-electron chi connectivity index (χ2n) is 5.47. The van der Waals surface area contributed by atoms with E-state index in [4.69, 9.17) is 11.6 Å². The van der Waals surface area contributed by atoms with Gasteiger partial charge < -0.3 is 4.90 Å². The number of hydrogen-bond acceptors (Lipinski definition) is 2. The highest BCUT2D eigenvalue weighted by Gasteiger charge is 2.29. The highest BCUT2D eigenvalue weighted by atomic mass is 35.5. The lowest BCUT2D eigenvalue weighted by Gasteiger charge is -2.38. The second kappa shape index (κ2) is 7.64. The first-order chi connectivity index (χ1) is 8.81. The lowest BCUT2D eigenvalue weighted by molar-refractivity contribution is -0.136. The standard InChI is InChI=1S/C14H24ClNOS/c15-7-2-8-16(13-3-1-4-13)14(17)11-12-5-9-18-10-6-12/h12-13H,1-11H2. The van der Waals surface area contributed by atoms with Crippen molar-refractivity contribution in [2.75, 3.05) is 23.9 Å². The smallest absolute Gasteiger partial charge is 0.223 e. The quantitative estimate of drug-likeness (QED) is 0.697. The number of carbonyl (C=O) groups excluding carboxylic acids is 1. The van der Waals surface area contributed by atoms with Crippen LogP contribution in [0.2, 0.25) is 0 Å². The number of hydrogen-bond donors (Lipinski definition) is 0. The average molecular weight is 290 g/mol. The molecule has 0 spiro atoms. The highest BCUT2D eigenvalue weighted by molar-refractivity contribution is 7.99. The van der Waals surface area contributed by atoms with E-state index in [1.165, 1.54) is 43.6 Å². The Morgan fingerprint density at radius 1 is 1.22 bits per heavy atom. The SMILES string of the molecule is O=C(CC1CCSCC1)N(CCCCl)C1CCC1. The van der Waals surface area contributed by atoms with Crippen molar-refractivity contribution in [3.63, 3.8) is 0 Å². The number of thioether (sulfide) groups is 1. The van der Waals surface area contributed by atoms with Crippen LogP contribution >= 0.6 is 23.4 Å². The Balaban J connectivity index is 1.81. The number of alkyl halides is 1. The maximum Gasteiger partial charge on any atom is 0.223 e. The minimum Gasteiger partial charge on any atom is -0.340 e. The van der Waals surface area contributed by atoms with Gasteiger partial charge in [0.15, 0.2) is 0 Å². The fraction of sp³-hybridized carbons (Fsp3) is 0.929. The molecule has 0 atom stereocenters. The zero-order chi connectivity index (χ0) is 12.8. The van der Waals surface area contributed by atoms with Gasteiger partial charge in [0.1, 0.15) is 0 Å². The fourth-order valence-electron chi connectivity index (χ4n) is 2.75. The summed E-state index contributed by atoms with van der Waals surface area (Å²) in [7, 11) is 0. The number of nitrogens with zero attached hydrogens (tertiary/aromatic N) is 1. The molecule has 0 radical (unpaired) electrons. The van der Waals surface area contributed by atoms with Crippen molar-refractivity contribution in [2.45, 2.75) is 51.0 Å². The van der Waals surface area contributed by atoms with E-state index in [0.717, 1.165) is 19.4 Å². The summed E-state index contributed by atoms with van der Waals surface area (Å²) in [6.45, 7) is 0.870. The van der Waals surface area contributed by atoms with Crippen LogP contribution in [0.1, 0.15) is 44.9 Å². The Morgan fingerprint density at radius 2 is 1.94 bits per heavy atom. The molecule has 1 aliphatic heterocycles. The molecule has 0 aromatic carbocycles. The van der Waals surface area contributed by atoms with Crippen LogP contribution in [0.3, 0.4) is 0 Å². The van der Waals surface area contributed by atoms with Gasteiger partial charge in [-0.15, -0.1) is 11.6 Å². The Bertz CT molecular complexity index is 265. The van der Waals surface area contributed by atoms with Gasteiger partial charge in [0.05, 0.1) is 0 Å². The summed E-state index contributed by atoms with van der Waals surface area (Å²) in [4.78, 5) is 14.6. The van der Waals surface area contributed by atoms with Gasteiger partial charge in [0.2, 0.25) is 5.91 Å². The van der Waals surface area contributed by atoms with Crippen molar-refractivity contribution in [3.8, 4) is 0 Å². The fourth-order valence-corrected chi connectivity index (χ4v) is 4.08. The number of carbonyl (C=O) groups is 1. The van der Waals surface area contributed by atoms with Crippen molar-refractivity contribution in [2.24, 2.45) is 5.92 Å². The molecule has 4 heteroatoms. The van der Waals surface area contributed by atoms with Crippen molar-refractivity contribution in [1.82, 2.24) is 4.90 Å². The van der Waals surface area contributed by atoms with E-state index in [1.54, 1.807) is 0 Å². The molecule has 2 aliphatic rings. The summed E-state index contributed by atoms with van der Waals surface area (Å²) in [5.41, 5.74) is 0. The summed E-state index contributed by atoms with van der Waals surface area (Å²) in [5.74, 6) is 4.17. The van der Waals surface area contributed by atoms with E-state index >= 15 is 0 Å². The third-order valence-corrected chi connectivity index (χ3v) is 5.49. The van der Waals surface area contributed by atoms with Crippen LogP contribution in [0.5, 0.6) is 0 Å². The van der Waals surface area contributed by atoms with Crippen LogP contribution in [0.25, 0.3) is 0 Å². The lowest BCUT2D eigenvalue weighted by atomic mass is 9.90. The zero-order valence-electron chi connectivity index (χ0n) is 11.1. The molecule has 1 heterocycles. The lowest BCUT2D eigenvalue weighted by Crippen LogP contribution is -2.45. The van der Waals surface area contributed by atoms with E-state index < -0.39 is 0 Å².